The van der Waals surface area contributed by atoms with E-state index in [1.807, 2.05) is 17.5 Å². The lowest BCUT2D eigenvalue weighted by Gasteiger charge is -2.02. The van der Waals surface area contributed by atoms with Gasteiger partial charge in [-0.25, -0.2) is 4.98 Å². The first kappa shape index (κ1) is 16.7. The van der Waals surface area contributed by atoms with Crippen LogP contribution in [0.5, 0.6) is 0 Å². The highest BCUT2D eigenvalue weighted by molar-refractivity contribution is 7.98. The lowest BCUT2D eigenvalue weighted by Crippen LogP contribution is -2.12. The van der Waals surface area contributed by atoms with E-state index in [2.05, 4.69) is 45.8 Å². The number of thioether (sulfide) groups is 1. The Labute approximate surface area is 149 Å². The summed E-state index contributed by atoms with van der Waals surface area (Å²) in [6.07, 6.45) is 6.66. The number of carbonyl (C=O) groups is 1. The van der Waals surface area contributed by atoms with Crippen LogP contribution in [0.1, 0.15) is 12.0 Å². The van der Waals surface area contributed by atoms with E-state index in [9.17, 15) is 4.79 Å². The standard InChI is InChI=1S/C18H17N3OS2/c1-23-15-7-5-14(6-8-15)16-12-24-18(20-16)21-17(22)9-4-13-3-2-10-19-11-13/h2-3,5-8,10-12H,4,9H2,1H3,(H,20,21,22). The average molecular weight is 355 g/mol. The Morgan fingerprint density at radius 2 is 2.08 bits per heavy atom. The fourth-order valence-corrected chi connectivity index (χ4v) is 3.36. The number of thiazole rings is 1. The zero-order valence-corrected chi connectivity index (χ0v) is 14.9. The number of rotatable bonds is 6. The van der Waals surface area contributed by atoms with E-state index in [4.69, 9.17) is 0 Å². The highest BCUT2D eigenvalue weighted by atomic mass is 32.2. The summed E-state index contributed by atoms with van der Waals surface area (Å²) in [5.74, 6) is -0.0301. The SMILES string of the molecule is CSc1ccc(-c2csc(NC(=O)CCc3cccnc3)n2)cc1. The lowest BCUT2D eigenvalue weighted by molar-refractivity contribution is -0.116. The maximum absolute atomic E-state index is 12.0. The summed E-state index contributed by atoms with van der Waals surface area (Å²) in [7, 11) is 0. The molecule has 3 rings (SSSR count). The molecule has 4 nitrogen and oxygen atoms in total. The van der Waals surface area contributed by atoms with Gasteiger partial charge in [0.05, 0.1) is 5.69 Å². The van der Waals surface area contributed by atoms with Crippen molar-refractivity contribution in [1.82, 2.24) is 9.97 Å². The van der Waals surface area contributed by atoms with Crippen LogP contribution in [0.2, 0.25) is 0 Å². The number of carbonyl (C=O) groups excluding carboxylic acids is 1. The lowest BCUT2D eigenvalue weighted by atomic mass is 10.1. The van der Waals surface area contributed by atoms with Gasteiger partial charge in [-0.3, -0.25) is 9.78 Å². The third-order valence-electron chi connectivity index (χ3n) is 3.50. The van der Waals surface area contributed by atoms with Gasteiger partial charge in [0.25, 0.3) is 0 Å². The van der Waals surface area contributed by atoms with Gasteiger partial charge in [-0.15, -0.1) is 23.1 Å². The number of pyridine rings is 1. The van der Waals surface area contributed by atoms with Gasteiger partial charge >= 0.3 is 0 Å². The van der Waals surface area contributed by atoms with Gasteiger partial charge < -0.3 is 5.32 Å². The molecule has 1 N–H and O–H groups in total. The van der Waals surface area contributed by atoms with Gasteiger partial charge in [0, 0.05) is 34.7 Å². The summed E-state index contributed by atoms with van der Waals surface area (Å²) in [6, 6.07) is 12.1. The topological polar surface area (TPSA) is 54.9 Å². The number of benzene rings is 1. The molecule has 0 aliphatic heterocycles. The summed E-state index contributed by atoms with van der Waals surface area (Å²) >= 11 is 3.15. The Kier molecular flexibility index (Phi) is 5.61. The molecule has 0 aliphatic carbocycles. The molecule has 0 aliphatic rings. The number of nitrogens with one attached hydrogen (secondary N) is 1. The molecule has 0 bridgehead atoms. The third kappa shape index (κ3) is 4.43. The first-order valence-electron chi connectivity index (χ1n) is 7.53. The average Bonchev–Trinajstić information content (AvgIpc) is 3.09. The Balaban J connectivity index is 1.58. The highest BCUT2D eigenvalue weighted by Gasteiger charge is 2.08. The van der Waals surface area contributed by atoms with E-state index in [1.165, 1.54) is 16.2 Å². The quantitative estimate of drug-likeness (QED) is 0.662. The zero-order valence-electron chi connectivity index (χ0n) is 13.2. The summed E-state index contributed by atoms with van der Waals surface area (Å²) in [6.45, 7) is 0. The van der Waals surface area contributed by atoms with Crippen molar-refractivity contribution < 1.29 is 4.79 Å². The maximum atomic E-state index is 12.0. The number of amides is 1. The molecule has 122 valence electrons. The molecule has 0 saturated heterocycles. The fourth-order valence-electron chi connectivity index (χ4n) is 2.21. The number of nitrogens with zero attached hydrogens (tertiary/aromatic N) is 2. The molecule has 0 spiro atoms. The van der Waals surface area contributed by atoms with Crippen molar-refractivity contribution in [3.8, 4) is 11.3 Å². The molecule has 0 fully saturated rings. The van der Waals surface area contributed by atoms with Crippen molar-refractivity contribution in [2.45, 2.75) is 17.7 Å². The Bertz CT molecular complexity index is 801. The van der Waals surface area contributed by atoms with Gasteiger partial charge in [0.15, 0.2) is 5.13 Å². The molecule has 0 atom stereocenters. The normalized spacial score (nSPS) is 10.5. The second-order valence-corrected chi connectivity index (χ2v) is 6.91. The van der Waals surface area contributed by atoms with Crippen LogP contribution in [0.15, 0.2) is 59.1 Å². The maximum Gasteiger partial charge on any atom is 0.226 e. The minimum atomic E-state index is -0.0301. The number of anilines is 1. The van der Waals surface area contributed by atoms with Crippen LogP contribution >= 0.6 is 23.1 Å². The summed E-state index contributed by atoms with van der Waals surface area (Å²) in [5.41, 5.74) is 3.00. The molecule has 24 heavy (non-hydrogen) atoms. The first-order valence-corrected chi connectivity index (χ1v) is 9.64. The van der Waals surface area contributed by atoms with E-state index in [0.29, 0.717) is 18.0 Å². The van der Waals surface area contributed by atoms with E-state index in [1.54, 1.807) is 24.2 Å². The van der Waals surface area contributed by atoms with Crippen LogP contribution < -0.4 is 5.32 Å². The van der Waals surface area contributed by atoms with Gasteiger partial charge in [-0.1, -0.05) is 18.2 Å². The number of hydrogen-bond donors (Lipinski definition) is 1. The predicted octanol–water partition coefficient (Wildman–Crippen LogP) is 4.50. The molecule has 3 aromatic rings. The molecule has 6 heteroatoms. The van der Waals surface area contributed by atoms with Gasteiger partial charge in [-0.05, 0) is 36.4 Å². The van der Waals surface area contributed by atoms with Crippen LogP contribution in [0.25, 0.3) is 11.3 Å². The van der Waals surface area contributed by atoms with Crippen molar-refractivity contribution in [1.29, 1.82) is 0 Å². The first-order chi connectivity index (χ1) is 11.7. The smallest absolute Gasteiger partial charge is 0.226 e. The van der Waals surface area contributed by atoms with Crippen LogP contribution in [0.4, 0.5) is 5.13 Å². The molecule has 1 amide bonds. The molecule has 1 aromatic carbocycles. The molecular weight excluding hydrogens is 338 g/mol. The van der Waals surface area contributed by atoms with Crippen LogP contribution in [-0.4, -0.2) is 22.1 Å². The van der Waals surface area contributed by atoms with Gasteiger partial charge in [0.2, 0.25) is 5.91 Å². The second-order valence-electron chi connectivity index (χ2n) is 5.18. The Hall–Kier alpha value is -2.18. The monoisotopic (exact) mass is 355 g/mol. The zero-order chi connectivity index (χ0) is 16.8. The molecule has 0 unspecified atom stereocenters. The van der Waals surface area contributed by atoms with E-state index in [0.717, 1.165) is 16.8 Å². The minimum absolute atomic E-state index is 0.0301. The Morgan fingerprint density at radius 1 is 1.25 bits per heavy atom. The van der Waals surface area contributed by atoms with Crippen molar-refractivity contribution in [2.75, 3.05) is 11.6 Å². The fraction of sp³-hybridized carbons (Fsp3) is 0.167. The molecular formula is C18H17N3OS2. The van der Waals surface area contributed by atoms with Crippen molar-refractivity contribution in [2.24, 2.45) is 0 Å². The number of hydrogen-bond acceptors (Lipinski definition) is 5. The van der Waals surface area contributed by atoms with Gasteiger partial charge in [0.1, 0.15) is 0 Å². The molecule has 2 aromatic heterocycles. The van der Waals surface area contributed by atoms with Crippen LogP contribution in [0, 0.1) is 0 Å². The number of aromatic nitrogens is 2. The third-order valence-corrected chi connectivity index (χ3v) is 5.00. The van der Waals surface area contributed by atoms with Crippen LogP contribution in [-0.2, 0) is 11.2 Å². The highest BCUT2D eigenvalue weighted by Crippen LogP contribution is 2.26. The van der Waals surface area contributed by atoms with E-state index < -0.39 is 0 Å². The molecule has 2 heterocycles. The molecule has 0 radical (unpaired) electrons. The van der Waals surface area contributed by atoms with Crippen molar-refractivity contribution in [3.63, 3.8) is 0 Å². The summed E-state index contributed by atoms with van der Waals surface area (Å²) in [5, 5.41) is 5.47. The van der Waals surface area contributed by atoms with Crippen LogP contribution in [0.3, 0.4) is 0 Å². The Morgan fingerprint density at radius 3 is 2.79 bits per heavy atom. The van der Waals surface area contributed by atoms with Gasteiger partial charge in [-0.2, -0.15) is 0 Å². The minimum Gasteiger partial charge on any atom is -0.302 e. The van der Waals surface area contributed by atoms with E-state index in [-0.39, 0.29) is 5.91 Å². The van der Waals surface area contributed by atoms with E-state index >= 15 is 0 Å². The predicted molar refractivity (Wildman–Crippen MR) is 101 cm³/mol. The number of aryl methyl sites for hydroxylation is 1. The van der Waals surface area contributed by atoms with Crippen molar-refractivity contribution in [3.05, 3.63) is 59.7 Å². The molecule has 0 saturated carbocycles. The summed E-state index contributed by atoms with van der Waals surface area (Å²) in [4.78, 5) is 21.8. The largest absolute Gasteiger partial charge is 0.302 e. The summed E-state index contributed by atoms with van der Waals surface area (Å²) < 4.78 is 0. The van der Waals surface area contributed by atoms with Crippen molar-refractivity contribution >= 4 is 34.1 Å². The second kappa shape index (κ2) is 8.08.